The smallest absolute Gasteiger partial charge is 0.0555 e. The SMILES string of the molecule is CCOCCCN(C)C1CC(O)CCC1(C)C. The zero-order chi connectivity index (χ0) is 12.9. The summed E-state index contributed by atoms with van der Waals surface area (Å²) < 4.78 is 5.37. The van der Waals surface area contributed by atoms with Crippen molar-refractivity contribution in [2.24, 2.45) is 5.41 Å². The lowest BCUT2D eigenvalue weighted by molar-refractivity contribution is -0.00396. The van der Waals surface area contributed by atoms with E-state index >= 15 is 0 Å². The third kappa shape index (κ3) is 4.57. The van der Waals surface area contributed by atoms with Gasteiger partial charge in [-0.1, -0.05) is 13.8 Å². The van der Waals surface area contributed by atoms with Gasteiger partial charge in [-0.05, 0) is 45.1 Å². The maximum absolute atomic E-state index is 9.82. The molecule has 0 radical (unpaired) electrons. The molecule has 1 rings (SSSR count). The van der Waals surface area contributed by atoms with Crippen LogP contribution in [0.5, 0.6) is 0 Å². The molecule has 1 fully saturated rings. The van der Waals surface area contributed by atoms with Crippen LogP contribution in [-0.2, 0) is 4.74 Å². The van der Waals surface area contributed by atoms with Crippen LogP contribution < -0.4 is 0 Å². The van der Waals surface area contributed by atoms with Crippen LogP contribution in [0.15, 0.2) is 0 Å². The molecule has 1 aliphatic rings. The van der Waals surface area contributed by atoms with E-state index in [9.17, 15) is 5.11 Å². The molecule has 0 aromatic carbocycles. The summed E-state index contributed by atoms with van der Waals surface area (Å²) in [6.07, 6.45) is 3.96. The van der Waals surface area contributed by atoms with E-state index in [1.165, 1.54) is 0 Å². The van der Waals surface area contributed by atoms with Crippen LogP contribution in [-0.4, -0.2) is 49.0 Å². The Hall–Kier alpha value is -0.120. The minimum Gasteiger partial charge on any atom is -0.393 e. The molecule has 2 atom stereocenters. The minimum atomic E-state index is -0.109. The Labute approximate surface area is 106 Å². The minimum absolute atomic E-state index is 0.109. The summed E-state index contributed by atoms with van der Waals surface area (Å²) in [6.45, 7) is 9.38. The molecule has 17 heavy (non-hydrogen) atoms. The molecule has 1 N–H and O–H groups in total. The number of ether oxygens (including phenoxy) is 1. The van der Waals surface area contributed by atoms with Crippen LogP contribution >= 0.6 is 0 Å². The van der Waals surface area contributed by atoms with E-state index in [0.29, 0.717) is 11.5 Å². The molecule has 0 saturated heterocycles. The Bertz CT molecular complexity index is 218. The van der Waals surface area contributed by atoms with E-state index in [1.54, 1.807) is 0 Å². The van der Waals surface area contributed by atoms with Crippen molar-refractivity contribution in [3.8, 4) is 0 Å². The molecule has 0 aromatic heterocycles. The number of nitrogens with zero attached hydrogens (tertiary/aromatic N) is 1. The van der Waals surface area contributed by atoms with Crippen LogP contribution in [0.3, 0.4) is 0 Å². The highest BCUT2D eigenvalue weighted by Crippen LogP contribution is 2.38. The van der Waals surface area contributed by atoms with Crippen molar-refractivity contribution in [1.82, 2.24) is 4.90 Å². The van der Waals surface area contributed by atoms with Gasteiger partial charge in [-0.2, -0.15) is 0 Å². The van der Waals surface area contributed by atoms with E-state index < -0.39 is 0 Å². The van der Waals surface area contributed by atoms with Crippen molar-refractivity contribution in [3.05, 3.63) is 0 Å². The lowest BCUT2D eigenvalue weighted by Gasteiger charge is -2.45. The maximum atomic E-state index is 9.82. The fourth-order valence-electron chi connectivity index (χ4n) is 2.89. The average molecular weight is 243 g/mol. The normalized spacial score (nSPS) is 28.6. The first-order valence-electron chi connectivity index (χ1n) is 6.93. The predicted octanol–water partition coefficient (Wildman–Crippen LogP) is 2.28. The van der Waals surface area contributed by atoms with Gasteiger partial charge in [0.1, 0.15) is 0 Å². The number of aliphatic hydroxyl groups excluding tert-OH is 1. The molecule has 0 aliphatic heterocycles. The van der Waals surface area contributed by atoms with Crippen LogP contribution in [0, 0.1) is 5.41 Å². The molecule has 0 bridgehead atoms. The zero-order valence-electron chi connectivity index (χ0n) is 11.9. The Balaban J connectivity index is 2.39. The summed E-state index contributed by atoms with van der Waals surface area (Å²) in [6, 6.07) is 0.493. The van der Waals surface area contributed by atoms with E-state index in [0.717, 1.165) is 45.4 Å². The molecule has 0 amide bonds. The van der Waals surface area contributed by atoms with Gasteiger partial charge in [0.15, 0.2) is 0 Å². The first-order chi connectivity index (χ1) is 7.97. The number of aliphatic hydroxyl groups is 1. The fourth-order valence-corrected chi connectivity index (χ4v) is 2.89. The lowest BCUT2D eigenvalue weighted by atomic mass is 9.71. The van der Waals surface area contributed by atoms with Crippen molar-refractivity contribution in [2.75, 3.05) is 26.8 Å². The summed E-state index contributed by atoms with van der Waals surface area (Å²) in [4.78, 5) is 2.40. The summed E-state index contributed by atoms with van der Waals surface area (Å²) >= 11 is 0. The highest BCUT2D eigenvalue weighted by molar-refractivity contribution is 4.91. The molecule has 102 valence electrons. The van der Waals surface area contributed by atoms with Gasteiger partial charge in [0.05, 0.1) is 6.10 Å². The highest BCUT2D eigenvalue weighted by Gasteiger charge is 2.37. The van der Waals surface area contributed by atoms with Crippen molar-refractivity contribution in [2.45, 2.75) is 58.6 Å². The first kappa shape index (κ1) is 14.9. The van der Waals surface area contributed by atoms with Crippen LogP contribution in [0.2, 0.25) is 0 Å². The largest absolute Gasteiger partial charge is 0.393 e. The maximum Gasteiger partial charge on any atom is 0.0555 e. The topological polar surface area (TPSA) is 32.7 Å². The summed E-state index contributed by atoms with van der Waals surface area (Å²) in [5.74, 6) is 0. The predicted molar refractivity (Wildman–Crippen MR) is 71.2 cm³/mol. The molecule has 0 aromatic rings. The number of hydrogen-bond acceptors (Lipinski definition) is 3. The van der Waals surface area contributed by atoms with Crippen molar-refractivity contribution >= 4 is 0 Å². The van der Waals surface area contributed by atoms with E-state index in [4.69, 9.17) is 4.74 Å². The molecular formula is C14H29NO2. The molecule has 3 nitrogen and oxygen atoms in total. The zero-order valence-corrected chi connectivity index (χ0v) is 11.9. The quantitative estimate of drug-likeness (QED) is 0.727. The van der Waals surface area contributed by atoms with Crippen LogP contribution in [0.25, 0.3) is 0 Å². The molecule has 1 aliphatic carbocycles. The second-order valence-electron chi connectivity index (χ2n) is 5.96. The van der Waals surface area contributed by atoms with Gasteiger partial charge in [-0.15, -0.1) is 0 Å². The molecular weight excluding hydrogens is 214 g/mol. The first-order valence-corrected chi connectivity index (χ1v) is 6.93. The summed E-state index contributed by atoms with van der Waals surface area (Å²) in [5, 5.41) is 9.82. The molecule has 2 unspecified atom stereocenters. The van der Waals surface area contributed by atoms with Crippen LogP contribution in [0.4, 0.5) is 0 Å². The average Bonchev–Trinajstić information content (AvgIpc) is 2.27. The van der Waals surface area contributed by atoms with E-state index in [2.05, 4.69) is 25.8 Å². The Morgan fingerprint density at radius 3 is 2.76 bits per heavy atom. The molecule has 3 heteroatoms. The number of rotatable bonds is 6. The van der Waals surface area contributed by atoms with Gasteiger partial charge in [0.25, 0.3) is 0 Å². The second-order valence-corrected chi connectivity index (χ2v) is 5.96. The molecule has 0 heterocycles. The van der Waals surface area contributed by atoms with Crippen LogP contribution in [0.1, 0.15) is 46.5 Å². The number of hydrogen-bond donors (Lipinski definition) is 1. The summed E-state index contributed by atoms with van der Waals surface area (Å²) in [5.41, 5.74) is 0.319. The lowest BCUT2D eigenvalue weighted by Crippen LogP contribution is -2.48. The van der Waals surface area contributed by atoms with Gasteiger partial charge in [0, 0.05) is 25.8 Å². The Morgan fingerprint density at radius 2 is 2.12 bits per heavy atom. The second kappa shape index (κ2) is 6.72. The monoisotopic (exact) mass is 243 g/mol. The van der Waals surface area contributed by atoms with Gasteiger partial charge >= 0.3 is 0 Å². The summed E-state index contributed by atoms with van der Waals surface area (Å²) in [7, 11) is 2.18. The van der Waals surface area contributed by atoms with Gasteiger partial charge in [-0.3, -0.25) is 0 Å². The Morgan fingerprint density at radius 1 is 1.41 bits per heavy atom. The van der Waals surface area contributed by atoms with Crippen molar-refractivity contribution in [1.29, 1.82) is 0 Å². The van der Waals surface area contributed by atoms with E-state index in [-0.39, 0.29) is 6.10 Å². The Kier molecular flexibility index (Phi) is 5.90. The highest BCUT2D eigenvalue weighted by atomic mass is 16.5. The van der Waals surface area contributed by atoms with Gasteiger partial charge in [0.2, 0.25) is 0 Å². The third-order valence-corrected chi connectivity index (χ3v) is 4.05. The van der Waals surface area contributed by atoms with E-state index in [1.807, 2.05) is 6.92 Å². The molecule has 1 saturated carbocycles. The van der Waals surface area contributed by atoms with Gasteiger partial charge in [-0.25, -0.2) is 0 Å². The van der Waals surface area contributed by atoms with Crippen molar-refractivity contribution in [3.63, 3.8) is 0 Å². The van der Waals surface area contributed by atoms with Gasteiger partial charge < -0.3 is 14.7 Å². The van der Waals surface area contributed by atoms with Crippen molar-refractivity contribution < 1.29 is 9.84 Å². The fraction of sp³-hybridized carbons (Fsp3) is 1.00. The third-order valence-electron chi connectivity index (χ3n) is 4.05. The molecule has 0 spiro atoms. The standard InChI is InChI=1S/C14H29NO2/c1-5-17-10-6-9-15(4)13-11-12(16)7-8-14(13,2)3/h12-13,16H,5-11H2,1-4H3.